The van der Waals surface area contributed by atoms with Crippen LogP contribution in [0.1, 0.15) is 44.9 Å². The maximum Gasteiger partial charge on any atom is 0.191 e. The Kier molecular flexibility index (Phi) is 7.46. The lowest BCUT2D eigenvalue weighted by molar-refractivity contribution is 0.00820. The predicted octanol–water partition coefficient (Wildman–Crippen LogP) is 1.15. The van der Waals surface area contributed by atoms with E-state index in [0.717, 1.165) is 57.7 Å². The van der Waals surface area contributed by atoms with Gasteiger partial charge in [-0.15, -0.1) is 0 Å². The van der Waals surface area contributed by atoms with Gasteiger partial charge in [0.25, 0.3) is 0 Å². The molecule has 1 saturated carbocycles. The summed E-state index contributed by atoms with van der Waals surface area (Å²) in [5, 5.41) is 11.1. The Hall–Kier alpha value is -1.67. The van der Waals surface area contributed by atoms with Crippen molar-refractivity contribution in [3.8, 4) is 0 Å². The number of aromatic nitrogens is 3. The third-order valence-electron chi connectivity index (χ3n) is 5.74. The van der Waals surface area contributed by atoms with E-state index in [0.29, 0.717) is 12.0 Å². The van der Waals surface area contributed by atoms with Crippen molar-refractivity contribution in [3.05, 3.63) is 12.2 Å². The van der Waals surface area contributed by atoms with E-state index < -0.39 is 0 Å². The number of morpholine rings is 1. The maximum absolute atomic E-state index is 5.53. The molecule has 1 aliphatic carbocycles. The standard InChI is InChI=1S/C19H35N7O/c1-3-20-18(21-13-17-23-16-24-25(17)2)22-14-19(7-5-4-6-8-19)15-26-9-11-27-12-10-26/h16H,3-15H2,1-2H3,(H2,20,21,22). The summed E-state index contributed by atoms with van der Waals surface area (Å²) in [4.78, 5) is 11.6. The second kappa shape index (κ2) is 10.0. The van der Waals surface area contributed by atoms with Gasteiger partial charge in [-0.05, 0) is 19.8 Å². The maximum atomic E-state index is 5.53. The molecule has 2 N–H and O–H groups in total. The minimum absolute atomic E-state index is 0.330. The number of nitrogens with one attached hydrogen (secondary N) is 2. The first-order chi connectivity index (χ1) is 13.2. The summed E-state index contributed by atoms with van der Waals surface area (Å²) in [7, 11) is 1.90. The SMILES string of the molecule is CCNC(=NCc1ncnn1C)NCC1(CN2CCOCC2)CCCCC1. The van der Waals surface area contributed by atoms with Crippen LogP contribution in [0, 0.1) is 5.41 Å². The fraction of sp³-hybridized carbons (Fsp3) is 0.842. The van der Waals surface area contributed by atoms with Crippen molar-refractivity contribution in [1.82, 2.24) is 30.3 Å². The lowest BCUT2D eigenvalue weighted by Crippen LogP contribution is -2.51. The van der Waals surface area contributed by atoms with Crippen LogP contribution in [0.4, 0.5) is 0 Å². The minimum Gasteiger partial charge on any atom is -0.379 e. The molecule has 3 rings (SSSR count). The lowest BCUT2D eigenvalue weighted by Gasteiger charge is -2.42. The number of aliphatic imine (C=N–C) groups is 1. The van der Waals surface area contributed by atoms with Crippen LogP contribution in [0.2, 0.25) is 0 Å². The molecular formula is C19H35N7O. The molecule has 0 amide bonds. The quantitative estimate of drug-likeness (QED) is 0.548. The van der Waals surface area contributed by atoms with Crippen molar-refractivity contribution in [2.75, 3.05) is 45.9 Å². The monoisotopic (exact) mass is 377 g/mol. The van der Waals surface area contributed by atoms with E-state index in [1.807, 2.05) is 7.05 Å². The highest BCUT2D eigenvalue weighted by Gasteiger charge is 2.34. The molecule has 1 aromatic heterocycles. The number of rotatable bonds is 7. The first-order valence-corrected chi connectivity index (χ1v) is 10.4. The molecule has 2 aliphatic rings. The van der Waals surface area contributed by atoms with Gasteiger partial charge in [-0.25, -0.2) is 9.98 Å². The molecule has 0 aromatic carbocycles. The Morgan fingerprint density at radius 3 is 2.67 bits per heavy atom. The zero-order valence-corrected chi connectivity index (χ0v) is 16.9. The Bertz CT molecular complexity index is 589. The van der Waals surface area contributed by atoms with E-state index in [4.69, 9.17) is 9.73 Å². The molecule has 0 unspecified atom stereocenters. The average molecular weight is 378 g/mol. The van der Waals surface area contributed by atoms with E-state index in [2.05, 4.69) is 32.5 Å². The number of ether oxygens (including phenoxy) is 1. The molecule has 0 radical (unpaired) electrons. The van der Waals surface area contributed by atoms with Crippen LogP contribution in [0.25, 0.3) is 0 Å². The van der Waals surface area contributed by atoms with Crippen molar-refractivity contribution in [2.45, 2.75) is 45.6 Å². The Morgan fingerprint density at radius 2 is 2.00 bits per heavy atom. The summed E-state index contributed by atoms with van der Waals surface area (Å²) < 4.78 is 7.30. The van der Waals surface area contributed by atoms with Gasteiger partial charge in [-0.3, -0.25) is 9.58 Å². The van der Waals surface area contributed by atoms with Crippen LogP contribution in [-0.4, -0.2) is 71.6 Å². The minimum atomic E-state index is 0.330. The van der Waals surface area contributed by atoms with Gasteiger partial charge in [-0.1, -0.05) is 19.3 Å². The van der Waals surface area contributed by atoms with Gasteiger partial charge in [0.1, 0.15) is 18.7 Å². The van der Waals surface area contributed by atoms with E-state index >= 15 is 0 Å². The van der Waals surface area contributed by atoms with Crippen LogP contribution in [0.15, 0.2) is 11.3 Å². The van der Waals surface area contributed by atoms with Crippen molar-refractivity contribution in [2.24, 2.45) is 17.5 Å². The third kappa shape index (κ3) is 5.90. The topological polar surface area (TPSA) is 79.6 Å². The Balaban J connectivity index is 1.61. The number of aryl methyl sites for hydroxylation is 1. The normalized spacial score (nSPS) is 21.2. The molecular weight excluding hydrogens is 342 g/mol. The van der Waals surface area contributed by atoms with E-state index in [9.17, 15) is 0 Å². The number of nitrogens with zero attached hydrogens (tertiary/aromatic N) is 5. The second-order valence-electron chi connectivity index (χ2n) is 7.80. The smallest absolute Gasteiger partial charge is 0.191 e. The van der Waals surface area contributed by atoms with Gasteiger partial charge in [0.15, 0.2) is 5.96 Å². The molecule has 152 valence electrons. The van der Waals surface area contributed by atoms with Crippen LogP contribution < -0.4 is 10.6 Å². The highest BCUT2D eigenvalue weighted by atomic mass is 16.5. The first-order valence-electron chi connectivity index (χ1n) is 10.4. The summed E-state index contributed by atoms with van der Waals surface area (Å²) in [6, 6.07) is 0. The van der Waals surface area contributed by atoms with Crippen molar-refractivity contribution < 1.29 is 4.74 Å². The zero-order chi connectivity index (χ0) is 19.0. The van der Waals surface area contributed by atoms with E-state index in [1.165, 1.54) is 32.1 Å². The molecule has 2 fully saturated rings. The number of guanidine groups is 1. The highest BCUT2D eigenvalue weighted by Crippen LogP contribution is 2.36. The molecule has 8 heteroatoms. The molecule has 1 aliphatic heterocycles. The van der Waals surface area contributed by atoms with Crippen LogP contribution in [-0.2, 0) is 18.3 Å². The van der Waals surface area contributed by atoms with Crippen LogP contribution in [0.5, 0.6) is 0 Å². The van der Waals surface area contributed by atoms with Gasteiger partial charge < -0.3 is 15.4 Å². The van der Waals surface area contributed by atoms with Crippen LogP contribution in [0.3, 0.4) is 0 Å². The van der Waals surface area contributed by atoms with Gasteiger partial charge in [-0.2, -0.15) is 5.10 Å². The molecule has 8 nitrogen and oxygen atoms in total. The summed E-state index contributed by atoms with van der Waals surface area (Å²) in [5.74, 6) is 1.74. The number of hydrogen-bond acceptors (Lipinski definition) is 5. The molecule has 1 saturated heterocycles. The summed E-state index contributed by atoms with van der Waals surface area (Å²) in [5.41, 5.74) is 0.330. The van der Waals surface area contributed by atoms with Gasteiger partial charge in [0.2, 0.25) is 0 Å². The van der Waals surface area contributed by atoms with E-state index in [-0.39, 0.29) is 0 Å². The molecule has 27 heavy (non-hydrogen) atoms. The third-order valence-corrected chi connectivity index (χ3v) is 5.74. The predicted molar refractivity (Wildman–Crippen MR) is 107 cm³/mol. The molecule has 2 heterocycles. The molecule has 0 spiro atoms. The molecule has 1 aromatic rings. The summed E-state index contributed by atoms with van der Waals surface area (Å²) in [6.07, 6.45) is 8.19. The van der Waals surface area contributed by atoms with Crippen molar-refractivity contribution >= 4 is 5.96 Å². The number of hydrogen-bond donors (Lipinski definition) is 2. The molecule has 0 atom stereocenters. The van der Waals surface area contributed by atoms with Crippen molar-refractivity contribution in [3.63, 3.8) is 0 Å². The average Bonchev–Trinajstić information content (AvgIpc) is 3.10. The largest absolute Gasteiger partial charge is 0.379 e. The summed E-state index contributed by atoms with van der Waals surface area (Å²) in [6.45, 7) is 9.45. The fourth-order valence-corrected chi connectivity index (χ4v) is 4.15. The van der Waals surface area contributed by atoms with Gasteiger partial charge >= 0.3 is 0 Å². The first kappa shape index (κ1) is 20.1. The van der Waals surface area contributed by atoms with Crippen molar-refractivity contribution in [1.29, 1.82) is 0 Å². The van der Waals surface area contributed by atoms with Crippen LogP contribution >= 0.6 is 0 Å². The van der Waals surface area contributed by atoms with Gasteiger partial charge in [0.05, 0.1) is 13.2 Å². The molecule has 0 bridgehead atoms. The highest BCUT2D eigenvalue weighted by molar-refractivity contribution is 5.79. The second-order valence-corrected chi connectivity index (χ2v) is 7.80. The van der Waals surface area contributed by atoms with E-state index in [1.54, 1.807) is 11.0 Å². The summed E-state index contributed by atoms with van der Waals surface area (Å²) >= 11 is 0. The Labute approximate surface area is 162 Å². The zero-order valence-electron chi connectivity index (χ0n) is 16.9. The Morgan fingerprint density at radius 1 is 1.22 bits per heavy atom. The van der Waals surface area contributed by atoms with Gasteiger partial charge in [0, 0.05) is 45.2 Å². The lowest BCUT2D eigenvalue weighted by atomic mass is 9.73. The fourth-order valence-electron chi connectivity index (χ4n) is 4.15.